The van der Waals surface area contributed by atoms with Crippen molar-refractivity contribution >= 4 is 27.8 Å². The van der Waals surface area contributed by atoms with Crippen LogP contribution in [0.15, 0.2) is 105 Å². The van der Waals surface area contributed by atoms with E-state index in [1.165, 1.54) is 33.1 Å². The molecule has 0 aliphatic heterocycles. The SMILES string of the molecule is CC1=C(C)C(C)C(C2=C(C)C(C)=C(C)C2C)=C1C.[C-]1=CC=CC1.[CH3-].[CH3-].[Cl-].[Cl-].[Cl][Zr][Cl].[Zr+3].c1ccc2[cH-]ccc2c1. The van der Waals surface area contributed by atoms with Crippen LogP contribution < -0.4 is 24.8 Å². The zero-order valence-electron chi connectivity index (χ0n) is 25.6. The van der Waals surface area contributed by atoms with Crippen molar-refractivity contribution in [2.75, 3.05) is 0 Å². The van der Waals surface area contributed by atoms with E-state index >= 15 is 0 Å². The zero-order chi connectivity index (χ0) is 26.1. The molecule has 3 aliphatic rings. The summed E-state index contributed by atoms with van der Waals surface area (Å²) in [5.74, 6) is 1.19. The smallest absolute Gasteiger partial charge is 0.168 e. The van der Waals surface area contributed by atoms with Gasteiger partial charge >= 0.3 is 64.1 Å². The quantitative estimate of drug-likeness (QED) is 0.325. The average molecular weight is 777 g/mol. The number of fused-ring (bicyclic) bond motifs is 1. The maximum absolute atomic E-state index is 4.93. The third-order valence-corrected chi connectivity index (χ3v) is 7.70. The number of allylic oxidation sites excluding steroid dienone is 12. The van der Waals surface area contributed by atoms with Crippen molar-refractivity contribution in [2.24, 2.45) is 11.8 Å². The van der Waals surface area contributed by atoms with Crippen molar-refractivity contribution in [3.63, 3.8) is 0 Å². The van der Waals surface area contributed by atoms with E-state index in [4.69, 9.17) is 17.0 Å². The largest absolute Gasteiger partial charge is 3.00 e. The molecule has 0 aromatic heterocycles. The van der Waals surface area contributed by atoms with Crippen molar-refractivity contribution in [3.8, 4) is 0 Å². The molecule has 2 unspecified atom stereocenters. The first-order chi connectivity index (χ1) is 16.7. The second-order valence-corrected chi connectivity index (χ2v) is 13.1. The number of benzene rings is 1. The molecule has 0 amide bonds. The van der Waals surface area contributed by atoms with Gasteiger partial charge in [0.1, 0.15) is 0 Å². The molecule has 2 aromatic rings. The fraction of sp³-hybridized carbons (Fsp3) is 0.324. The van der Waals surface area contributed by atoms with Gasteiger partial charge in [-0.15, -0.1) is 36.1 Å². The maximum atomic E-state index is 4.93. The molecule has 0 bridgehead atoms. The third kappa shape index (κ3) is 12.1. The molecule has 2 atom stereocenters. The van der Waals surface area contributed by atoms with Gasteiger partial charge in [-0.2, -0.15) is 23.6 Å². The van der Waals surface area contributed by atoms with E-state index in [1.807, 2.05) is 12.2 Å². The topological polar surface area (TPSA) is 0 Å². The fourth-order valence-corrected chi connectivity index (χ4v) is 5.01. The van der Waals surface area contributed by atoms with Crippen LogP contribution in [0.4, 0.5) is 0 Å². The Hall–Kier alpha value is 0.196. The second-order valence-electron chi connectivity index (χ2n) is 9.37. The van der Waals surface area contributed by atoms with Crippen molar-refractivity contribution in [2.45, 2.75) is 61.8 Å². The summed E-state index contributed by atoms with van der Waals surface area (Å²) < 4.78 is 0. The van der Waals surface area contributed by atoms with Crippen LogP contribution >= 0.6 is 17.0 Å². The monoisotopic (exact) mass is 772 g/mol. The second kappa shape index (κ2) is 23.6. The van der Waals surface area contributed by atoms with Gasteiger partial charge in [-0.3, -0.25) is 6.08 Å². The Kier molecular flexibility index (Phi) is 27.8. The first-order valence-corrected chi connectivity index (χ1v) is 18.6. The van der Waals surface area contributed by atoms with Crippen LogP contribution in [0.5, 0.6) is 0 Å². The molecule has 0 nitrogen and oxygen atoms in total. The number of halogens is 4. The van der Waals surface area contributed by atoms with Crippen LogP contribution in [0.1, 0.15) is 61.8 Å². The summed E-state index contributed by atoms with van der Waals surface area (Å²) in [7, 11) is 9.87. The minimum atomic E-state index is -0.826. The van der Waals surface area contributed by atoms with Crippen molar-refractivity contribution in [1.29, 1.82) is 0 Å². The molecule has 219 valence electrons. The molecule has 2 aromatic carbocycles. The van der Waals surface area contributed by atoms with Crippen LogP contribution in [0.2, 0.25) is 0 Å². The molecule has 0 heterocycles. The van der Waals surface area contributed by atoms with Gasteiger partial charge in [-0.25, -0.2) is 12.2 Å². The normalized spacial score (nSPS) is 18.1. The molecular weight excluding hydrogens is 733 g/mol. The van der Waals surface area contributed by atoms with Gasteiger partial charge in [0.25, 0.3) is 0 Å². The Morgan fingerprint density at radius 1 is 0.775 bits per heavy atom. The molecule has 0 saturated carbocycles. The predicted octanol–water partition coefficient (Wildman–Crippen LogP) is 5.74. The molecule has 5 rings (SSSR count). The minimum absolute atomic E-state index is 0. The summed E-state index contributed by atoms with van der Waals surface area (Å²) in [4.78, 5) is 0. The number of rotatable bonds is 1. The molecule has 1 radical (unpaired) electrons. The molecule has 0 saturated heterocycles. The van der Waals surface area contributed by atoms with Gasteiger partial charge in [0.2, 0.25) is 0 Å². The molecule has 40 heavy (non-hydrogen) atoms. The van der Waals surface area contributed by atoms with E-state index in [2.05, 4.69) is 110 Å². The van der Waals surface area contributed by atoms with Crippen LogP contribution in [0.25, 0.3) is 10.8 Å². The summed E-state index contributed by atoms with van der Waals surface area (Å²) in [6, 6.07) is 14.7. The summed E-state index contributed by atoms with van der Waals surface area (Å²) in [5.41, 5.74) is 12.4. The predicted molar refractivity (Wildman–Crippen MR) is 166 cm³/mol. The van der Waals surface area contributed by atoms with E-state index in [0.29, 0.717) is 11.8 Å². The third-order valence-electron chi connectivity index (χ3n) is 7.70. The standard InChI is InChI=1S/C18H26.C9H7.C5H5.2CH3.4ClH.2Zr/c1-9-10(2)14(6)17(13(9)5)18-15(7)11(3)12(4)16(18)8;1-2-5-9-7-3-6-8(9)4-1;1-2-4-5-3-1;;;;;;;;/h13,15H,1-8H3;1-7H;1-3H,4H2;2*1H3;4*1H;;/q;4*-1;;;;;+2;+3/p-4. The van der Waals surface area contributed by atoms with E-state index in [9.17, 15) is 0 Å². The average Bonchev–Trinajstić information content (AvgIpc) is 3.64. The van der Waals surface area contributed by atoms with Crippen LogP contribution in [0, 0.1) is 32.8 Å². The number of hydrogen-bond acceptors (Lipinski definition) is 0. The van der Waals surface area contributed by atoms with E-state index in [-0.39, 0.29) is 65.9 Å². The van der Waals surface area contributed by atoms with Crippen LogP contribution in [0.3, 0.4) is 0 Å². The zero-order valence-corrected chi connectivity index (χ0v) is 33.6. The van der Waals surface area contributed by atoms with Crippen molar-refractivity contribution in [1.82, 2.24) is 0 Å². The van der Waals surface area contributed by atoms with E-state index < -0.39 is 20.8 Å². The Bertz CT molecular complexity index is 1120. The Morgan fingerprint density at radius 2 is 1.23 bits per heavy atom. The summed E-state index contributed by atoms with van der Waals surface area (Å²) in [6.07, 6.45) is 10.0. The molecule has 0 spiro atoms. The van der Waals surface area contributed by atoms with Gasteiger partial charge in [-0.05, 0) is 75.0 Å². The summed E-state index contributed by atoms with van der Waals surface area (Å²) in [6.45, 7) is 18.5. The summed E-state index contributed by atoms with van der Waals surface area (Å²) in [5, 5.41) is 2.66. The molecule has 0 N–H and O–H groups in total. The van der Waals surface area contributed by atoms with Crippen LogP contribution in [-0.2, 0) is 47.1 Å². The van der Waals surface area contributed by atoms with Crippen molar-refractivity contribution < 1.29 is 71.9 Å². The first kappa shape index (κ1) is 47.1. The maximum Gasteiger partial charge on any atom is 3.00 e. The Balaban J connectivity index is -0.000000249. The van der Waals surface area contributed by atoms with Gasteiger partial charge in [-0.1, -0.05) is 31.1 Å². The first-order valence-electron chi connectivity index (χ1n) is 12.2. The minimum Gasteiger partial charge on any atom is -0.168 e. The van der Waals surface area contributed by atoms with E-state index in [1.54, 1.807) is 22.3 Å². The fourth-order valence-electron chi connectivity index (χ4n) is 5.01. The summed E-state index contributed by atoms with van der Waals surface area (Å²) >= 11 is -0.826. The van der Waals surface area contributed by atoms with Gasteiger partial charge in [0.15, 0.2) is 0 Å². The Labute approximate surface area is 296 Å². The molecule has 0 fully saturated rings. The van der Waals surface area contributed by atoms with Gasteiger partial charge in [0, 0.05) is 11.8 Å². The number of hydrogen-bond donors (Lipinski definition) is 0. The van der Waals surface area contributed by atoms with Gasteiger partial charge < -0.3 is 39.7 Å². The van der Waals surface area contributed by atoms with Crippen molar-refractivity contribution in [3.05, 3.63) is 126 Å². The Morgan fingerprint density at radius 3 is 1.52 bits per heavy atom. The molecular formula is C34H44Cl4Zr2-3. The van der Waals surface area contributed by atoms with E-state index in [0.717, 1.165) is 6.42 Å². The van der Waals surface area contributed by atoms with Gasteiger partial charge in [0.05, 0.1) is 0 Å². The molecule has 6 heteroatoms. The van der Waals surface area contributed by atoms with Crippen LogP contribution in [-0.4, -0.2) is 0 Å². The molecule has 3 aliphatic carbocycles.